The molecule has 0 radical (unpaired) electrons. The molecule has 13 nitrogen and oxygen atoms in total. The molecule has 192 valence electrons. The molecule has 1 amide bonds. The topological polar surface area (TPSA) is 159 Å². The van der Waals surface area contributed by atoms with Crippen molar-refractivity contribution in [3.05, 3.63) is 18.2 Å². The van der Waals surface area contributed by atoms with E-state index in [-0.39, 0.29) is 69.1 Å². The van der Waals surface area contributed by atoms with Gasteiger partial charge in [0, 0.05) is 18.5 Å². The van der Waals surface area contributed by atoms with Crippen LogP contribution in [0.4, 0.5) is 0 Å². The summed E-state index contributed by atoms with van der Waals surface area (Å²) in [6.07, 6.45) is 2.55. The lowest BCUT2D eigenvalue weighted by atomic mass is 9.79. The molecule has 1 aromatic heterocycles. The molecule has 2 saturated heterocycles. The second kappa shape index (κ2) is 9.21. The second-order valence-electron chi connectivity index (χ2n) is 9.79. The van der Waals surface area contributed by atoms with Crippen molar-refractivity contribution in [3.63, 3.8) is 0 Å². The number of aromatic nitrogens is 4. The van der Waals surface area contributed by atoms with Gasteiger partial charge in [0.2, 0.25) is 12.7 Å². The summed E-state index contributed by atoms with van der Waals surface area (Å²) in [5.41, 5.74) is -0.534. The van der Waals surface area contributed by atoms with E-state index in [2.05, 4.69) is 20.8 Å². The maximum Gasteiger partial charge on any atom is 0.341 e. The second-order valence-corrected chi connectivity index (χ2v) is 9.79. The number of aliphatic carboxylic acids is 1. The number of rotatable bonds is 8. The molecule has 13 heteroatoms. The van der Waals surface area contributed by atoms with Crippen LogP contribution in [0.3, 0.4) is 0 Å². The number of ether oxygens (including phenoxy) is 5. The molecule has 3 fully saturated rings. The Morgan fingerprint density at radius 1 is 1.11 bits per heavy atom. The SMILES string of the molecule is O=C([O-])CC1(CC(=O)N[C@H]2CO[C@H]3[C@@H]2OC[C@@H]3n2nnnc2Oc2ccc3c(c2)OCO3)CCCC1. The number of hydrogen-bond acceptors (Lipinski definition) is 11. The minimum atomic E-state index is -1.11. The highest BCUT2D eigenvalue weighted by Crippen LogP contribution is 2.44. The molecule has 4 aliphatic rings. The van der Waals surface area contributed by atoms with Gasteiger partial charge in [0.1, 0.15) is 24.0 Å². The Morgan fingerprint density at radius 3 is 2.75 bits per heavy atom. The van der Waals surface area contributed by atoms with Crippen molar-refractivity contribution in [1.29, 1.82) is 0 Å². The number of carboxylic acid groups (broad SMARTS) is 1. The first-order valence-electron chi connectivity index (χ1n) is 12.1. The number of hydrogen-bond donors (Lipinski definition) is 1. The fourth-order valence-electron chi connectivity index (χ4n) is 5.76. The van der Waals surface area contributed by atoms with Gasteiger partial charge in [-0.25, -0.2) is 0 Å². The monoisotopic (exact) mass is 500 g/mol. The Balaban J connectivity index is 1.10. The third kappa shape index (κ3) is 4.32. The smallest absolute Gasteiger partial charge is 0.341 e. The molecular formula is C23H26N5O8-. The Bertz CT molecular complexity index is 1150. The van der Waals surface area contributed by atoms with E-state index in [0.29, 0.717) is 30.1 Å². The zero-order valence-electron chi connectivity index (χ0n) is 19.5. The third-order valence-corrected chi connectivity index (χ3v) is 7.42. The van der Waals surface area contributed by atoms with Gasteiger partial charge in [-0.2, -0.15) is 4.68 Å². The standard InChI is InChI=1S/C23H27N5O8/c29-18(8-23(9-19(30)31)5-1-2-6-23)24-14-10-32-21-15(11-33-20(14)21)28-22(25-26-27-28)36-13-3-4-16-17(7-13)35-12-34-16/h3-4,7,14-15,20-21H,1-2,5-6,8-12H2,(H,24,29)(H,30,31)/p-1/t14-,15-,20+,21+/m0/s1. The van der Waals surface area contributed by atoms with Crippen LogP contribution in [0.5, 0.6) is 23.3 Å². The van der Waals surface area contributed by atoms with Crippen molar-refractivity contribution >= 4 is 11.9 Å². The highest BCUT2D eigenvalue weighted by atomic mass is 16.7. The molecule has 1 aromatic carbocycles. The average Bonchev–Trinajstić information content (AvgIpc) is 3.64. The van der Waals surface area contributed by atoms with Crippen molar-refractivity contribution in [2.75, 3.05) is 20.0 Å². The van der Waals surface area contributed by atoms with Crippen LogP contribution < -0.4 is 24.6 Å². The molecule has 1 aliphatic carbocycles. The summed E-state index contributed by atoms with van der Waals surface area (Å²) >= 11 is 0. The van der Waals surface area contributed by atoms with Gasteiger partial charge < -0.3 is 38.9 Å². The molecule has 1 N–H and O–H groups in total. The van der Waals surface area contributed by atoms with Gasteiger partial charge in [-0.05, 0) is 47.2 Å². The summed E-state index contributed by atoms with van der Waals surface area (Å²) in [6, 6.07) is 4.64. The van der Waals surface area contributed by atoms with E-state index in [1.54, 1.807) is 18.2 Å². The van der Waals surface area contributed by atoms with Gasteiger partial charge in [0.05, 0.1) is 19.3 Å². The zero-order valence-corrected chi connectivity index (χ0v) is 19.5. The van der Waals surface area contributed by atoms with Gasteiger partial charge in [0.25, 0.3) is 0 Å². The molecule has 0 bridgehead atoms. The van der Waals surface area contributed by atoms with Crippen LogP contribution in [-0.4, -0.2) is 70.3 Å². The molecular weight excluding hydrogens is 474 g/mol. The first-order valence-corrected chi connectivity index (χ1v) is 12.1. The molecule has 6 rings (SSSR count). The van der Waals surface area contributed by atoms with E-state index in [9.17, 15) is 14.7 Å². The quantitative estimate of drug-likeness (QED) is 0.524. The number of fused-ring (bicyclic) bond motifs is 2. The Kier molecular flexibility index (Phi) is 5.88. The van der Waals surface area contributed by atoms with E-state index in [1.807, 2.05) is 0 Å². The molecule has 36 heavy (non-hydrogen) atoms. The van der Waals surface area contributed by atoms with Gasteiger partial charge in [0.15, 0.2) is 11.5 Å². The van der Waals surface area contributed by atoms with Crippen molar-refractivity contribution < 1.29 is 38.4 Å². The number of nitrogens with one attached hydrogen (secondary N) is 1. The lowest BCUT2D eigenvalue weighted by molar-refractivity contribution is -0.308. The number of carbonyl (C=O) groups excluding carboxylic acids is 2. The van der Waals surface area contributed by atoms with Gasteiger partial charge >= 0.3 is 6.01 Å². The highest BCUT2D eigenvalue weighted by Gasteiger charge is 2.50. The van der Waals surface area contributed by atoms with Gasteiger partial charge in [-0.1, -0.05) is 17.9 Å². The third-order valence-electron chi connectivity index (χ3n) is 7.42. The summed E-state index contributed by atoms with van der Waals surface area (Å²) in [5.74, 6) is 0.387. The van der Waals surface area contributed by atoms with E-state index in [1.165, 1.54) is 4.68 Å². The van der Waals surface area contributed by atoms with Crippen LogP contribution in [0, 0.1) is 5.41 Å². The average molecular weight is 500 g/mol. The molecule has 1 saturated carbocycles. The summed E-state index contributed by atoms with van der Waals surface area (Å²) in [6.45, 7) is 0.705. The number of carbonyl (C=O) groups is 2. The van der Waals surface area contributed by atoms with Crippen LogP contribution in [0.1, 0.15) is 44.6 Å². The van der Waals surface area contributed by atoms with Crippen molar-refractivity contribution in [2.45, 2.75) is 62.8 Å². The number of tetrazole rings is 1. The van der Waals surface area contributed by atoms with Crippen LogP contribution in [0.2, 0.25) is 0 Å². The number of benzene rings is 1. The maximum atomic E-state index is 12.9. The van der Waals surface area contributed by atoms with Gasteiger partial charge in [-0.3, -0.25) is 4.79 Å². The fourth-order valence-corrected chi connectivity index (χ4v) is 5.76. The normalized spacial score (nSPS) is 27.7. The predicted octanol–water partition coefficient (Wildman–Crippen LogP) is 0.108. The minimum Gasteiger partial charge on any atom is -0.550 e. The summed E-state index contributed by atoms with van der Waals surface area (Å²) in [7, 11) is 0. The summed E-state index contributed by atoms with van der Waals surface area (Å²) in [5, 5.41) is 26.1. The zero-order chi connectivity index (χ0) is 24.7. The van der Waals surface area contributed by atoms with E-state index >= 15 is 0 Å². The Labute approximate surface area is 206 Å². The van der Waals surface area contributed by atoms with Crippen LogP contribution in [0.25, 0.3) is 0 Å². The van der Waals surface area contributed by atoms with Gasteiger partial charge in [-0.15, -0.1) is 0 Å². The maximum absolute atomic E-state index is 12.9. The van der Waals surface area contributed by atoms with Crippen LogP contribution in [0.15, 0.2) is 18.2 Å². The lowest BCUT2D eigenvalue weighted by Crippen LogP contribution is -2.46. The Hall–Kier alpha value is -3.45. The summed E-state index contributed by atoms with van der Waals surface area (Å²) < 4.78 is 30.1. The largest absolute Gasteiger partial charge is 0.550 e. The molecule has 0 spiro atoms. The number of carboxylic acids is 1. The predicted molar refractivity (Wildman–Crippen MR) is 116 cm³/mol. The van der Waals surface area contributed by atoms with E-state index in [4.69, 9.17) is 23.7 Å². The van der Waals surface area contributed by atoms with Crippen molar-refractivity contribution in [3.8, 4) is 23.3 Å². The van der Waals surface area contributed by atoms with Crippen molar-refractivity contribution in [2.24, 2.45) is 5.41 Å². The van der Waals surface area contributed by atoms with E-state index in [0.717, 1.165) is 12.8 Å². The minimum absolute atomic E-state index is 0.0995. The molecule has 2 aromatic rings. The van der Waals surface area contributed by atoms with Crippen LogP contribution in [-0.2, 0) is 19.1 Å². The highest BCUT2D eigenvalue weighted by molar-refractivity contribution is 5.78. The number of amides is 1. The lowest BCUT2D eigenvalue weighted by Gasteiger charge is -2.29. The molecule has 0 unspecified atom stereocenters. The van der Waals surface area contributed by atoms with Crippen LogP contribution >= 0.6 is 0 Å². The number of nitrogens with zero attached hydrogens (tertiary/aromatic N) is 4. The molecule has 4 heterocycles. The van der Waals surface area contributed by atoms with Crippen molar-refractivity contribution in [1.82, 2.24) is 25.5 Å². The Morgan fingerprint density at radius 2 is 1.92 bits per heavy atom. The molecule has 4 atom stereocenters. The molecule has 3 aliphatic heterocycles. The summed E-state index contributed by atoms with van der Waals surface area (Å²) in [4.78, 5) is 24.1. The first kappa shape index (κ1) is 23.0. The van der Waals surface area contributed by atoms with E-state index < -0.39 is 11.4 Å². The fraction of sp³-hybridized carbons (Fsp3) is 0.609. The first-order chi connectivity index (χ1) is 17.5.